The number of piperidine rings is 1. The van der Waals surface area contributed by atoms with Crippen LogP contribution in [-0.4, -0.2) is 24.2 Å². The summed E-state index contributed by atoms with van der Waals surface area (Å²) in [6, 6.07) is 7.36. The average molecular weight is 294 g/mol. The van der Waals surface area contributed by atoms with Gasteiger partial charge < -0.3 is 16.0 Å². The van der Waals surface area contributed by atoms with Gasteiger partial charge in [0.05, 0.1) is 10.7 Å². The molecule has 20 heavy (non-hydrogen) atoms. The molecule has 1 aromatic rings. The lowest BCUT2D eigenvalue weighted by Gasteiger charge is -2.48. The van der Waals surface area contributed by atoms with Crippen LogP contribution in [0, 0.1) is 0 Å². The summed E-state index contributed by atoms with van der Waals surface area (Å²) in [5.41, 5.74) is 0.944. The molecule has 3 N–H and O–H groups in total. The van der Waals surface area contributed by atoms with Crippen molar-refractivity contribution in [2.75, 3.05) is 11.9 Å². The van der Waals surface area contributed by atoms with E-state index in [1.807, 2.05) is 12.1 Å². The van der Waals surface area contributed by atoms with Crippen LogP contribution in [0.15, 0.2) is 24.3 Å². The predicted molar refractivity (Wildman–Crippen MR) is 81.2 cm³/mol. The number of anilines is 1. The van der Waals surface area contributed by atoms with Gasteiger partial charge in [-0.15, -0.1) is 0 Å². The molecule has 3 rings (SSSR count). The van der Waals surface area contributed by atoms with Crippen molar-refractivity contribution in [3.8, 4) is 0 Å². The maximum Gasteiger partial charge on any atom is 0.319 e. The number of nitrogens with one attached hydrogen (secondary N) is 3. The summed E-state index contributed by atoms with van der Waals surface area (Å²) < 4.78 is 0. The molecule has 1 saturated heterocycles. The van der Waals surface area contributed by atoms with E-state index in [-0.39, 0.29) is 12.1 Å². The maximum absolute atomic E-state index is 12.0. The van der Waals surface area contributed by atoms with E-state index in [4.69, 9.17) is 11.6 Å². The third-order valence-corrected chi connectivity index (χ3v) is 4.73. The third kappa shape index (κ3) is 2.91. The second kappa shape index (κ2) is 5.62. The molecule has 0 radical (unpaired) electrons. The van der Waals surface area contributed by atoms with Crippen molar-refractivity contribution < 1.29 is 4.79 Å². The maximum atomic E-state index is 12.0. The Morgan fingerprint density at radius 2 is 2.15 bits per heavy atom. The van der Waals surface area contributed by atoms with E-state index < -0.39 is 0 Å². The van der Waals surface area contributed by atoms with Crippen LogP contribution >= 0.6 is 11.6 Å². The smallest absolute Gasteiger partial charge is 0.319 e. The molecule has 108 valence electrons. The Labute approximate surface area is 124 Å². The second-order valence-corrected chi connectivity index (χ2v) is 6.24. The highest BCUT2D eigenvalue weighted by molar-refractivity contribution is 6.33. The molecule has 1 atom stereocenters. The van der Waals surface area contributed by atoms with E-state index in [0.717, 1.165) is 19.4 Å². The third-order valence-electron chi connectivity index (χ3n) is 4.40. The number of halogens is 1. The summed E-state index contributed by atoms with van der Waals surface area (Å²) in [5, 5.41) is 10.0. The minimum atomic E-state index is -0.167. The van der Waals surface area contributed by atoms with Gasteiger partial charge in [-0.05, 0) is 50.8 Å². The summed E-state index contributed by atoms with van der Waals surface area (Å²) in [4.78, 5) is 12.0. The van der Waals surface area contributed by atoms with Crippen LogP contribution in [0.2, 0.25) is 5.02 Å². The van der Waals surface area contributed by atoms with Gasteiger partial charge in [0, 0.05) is 11.6 Å². The Hall–Kier alpha value is -1.26. The molecule has 4 nitrogen and oxygen atoms in total. The molecule has 1 aliphatic heterocycles. The number of carbonyl (C=O) groups is 1. The zero-order valence-corrected chi connectivity index (χ0v) is 12.2. The highest BCUT2D eigenvalue weighted by Gasteiger charge is 2.41. The van der Waals surface area contributed by atoms with Gasteiger partial charge in [0.25, 0.3) is 0 Å². The number of hydrogen-bond donors (Lipinski definition) is 3. The van der Waals surface area contributed by atoms with Crippen molar-refractivity contribution in [1.82, 2.24) is 10.6 Å². The van der Waals surface area contributed by atoms with Crippen molar-refractivity contribution in [2.45, 2.75) is 43.7 Å². The van der Waals surface area contributed by atoms with Gasteiger partial charge in [0.1, 0.15) is 0 Å². The Balaban J connectivity index is 1.55. The molecule has 1 heterocycles. The zero-order valence-electron chi connectivity index (χ0n) is 11.4. The minimum absolute atomic E-state index is 0.167. The lowest BCUT2D eigenvalue weighted by Crippen LogP contribution is -2.60. The molecule has 1 aromatic carbocycles. The Kier molecular flexibility index (Phi) is 3.85. The zero-order chi connectivity index (χ0) is 14.0. The minimum Gasteiger partial charge on any atom is -0.335 e. The summed E-state index contributed by atoms with van der Waals surface area (Å²) in [5.74, 6) is 0. The molecule has 1 unspecified atom stereocenters. The van der Waals surface area contributed by atoms with Gasteiger partial charge >= 0.3 is 6.03 Å². The van der Waals surface area contributed by atoms with E-state index in [1.165, 1.54) is 19.3 Å². The second-order valence-electron chi connectivity index (χ2n) is 5.83. The van der Waals surface area contributed by atoms with Crippen LogP contribution < -0.4 is 16.0 Å². The Bertz CT molecular complexity index is 502. The van der Waals surface area contributed by atoms with Gasteiger partial charge in [-0.25, -0.2) is 4.79 Å². The molecule has 2 fully saturated rings. The first kappa shape index (κ1) is 13.7. The van der Waals surface area contributed by atoms with E-state index in [2.05, 4.69) is 16.0 Å². The summed E-state index contributed by atoms with van der Waals surface area (Å²) in [7, 11) is 0. The number of urea groups is 1. The van der Waals surface area contributed by atoms with Gasteiger partial charge in [0.2, 0.25) is 0 Å². The molecule has 1 aliphatic carbocycles. The fraction of sp³-hybridized carbons (Fsp3) is 0.533. The van der Waals surface area contributed by atoms with Gasteiger partial charge in [0.15, 0.2) is 0 Å². The van der Waals surface area contributed by atoms with Crippen LogP contribution in [-0.2, 0) is 0 Å². The number of benzene rings is 1. The van der Waals surface area contributed by atoms with E-state index >= 15 is 0 Å². The molecule has 1 spiro atoms. The van der Waals surface area contributed by atoms with Crippen LogP contribution in [0.1, 0.15) is 32.1 Å². The molecular weight excluding hydrogens is 274 g/mol. The van der Waals surface area contributed by atoms with Gasteiger partial charge in [-0.1, -0.05) is 23.7 Å². The van der Waals surface area contributed by atoms with Crippen LogP contribution in [0.25, 0.3) is 0 Å². The largest absolute Gasteiger partial charge is 0.335 e. The molecule has 0 aromatic heterocycles. The van der Waals surface area contributed by atoms with Crippen molar-refractivity contribution in [3.05, 3.63) is 29.3 Å². The number of para-hydroxylation sites is 1. The Morgan fingerprint density at radius 1 is 1.35 bits per heavy atom. The van der Waals surface area contributed by atoms with Gasteiger partial charge in [-0.3, -0.25) is 0 Å². The van der Waals surface area contributed by atoms with Gasteiger partial charge in [-0.2, -0.15) is 0 Å². The topological polar surface area (TPSA) is 53.2 Å². The lowest BCUT2D eigenvalue weighted by molar-refractivity contribution is 0.122. The number of carbonyl (C=O) groups excluding carboxylic acids is 1. The monoisotopic (exact) mass is 293 g/mol. The van der Waals surface area contributed by atoms with Crippen molar-refractivity contribution in [2.24, 2.45) is 0 Å². The molecule has 2 amide bonds. The first-order chi connectivity index (χ1) is 9.67. The molecule has 0 bridgehead atoms. The number of rotatable bonds is 2. The van der Waals surface area contributed by atoms with Crippen molar-refractivity contribution in [1.29, 1.82) is 0 Å². The quantitative estimate of drug-likeness (QED) is 0.785. The SMILES string of the molecule is O=C(Nc1ccccc1Cl)NC1CCNC2(CCC2)C1. The normalized spacial score (nSPS) is 23.9. The van der Waals surface area contributed by atoms with Crippen molar-refractivity contribution in [3.63, 3.8) is 0 Å². The molecule has 2 aliphatic rings. The van der Waals surface area contributed by atoms with E-state index in [0.29, 0.717) is 16.2 Å². The lowest BCUT2D eigenvalue weighted by atomic mass is 9.70. The summed E-state index contributed by atoms with van der Waals surface area (Å²) >= 11 is 6.04. The first-order valence-electron chi connectivity index (χ1n) is 7.24. The van der Waals surface area contributed by atoms with Crippen LogP contribution in [0.4, 0.5) is 10.5 Å². The predicted octanol–water partition coefficient (Wildman–Crippen LogP) is 3.14. The molecular formula is C15H20ClN3O. The first-order valence-corrected chi connectivity index (χ1v) is 7.62. The highest BCUT2D eigenvalue weighted by Crippen LogP contribution is 2.38. The fourth-order valence-electron chi connectivity index (χ4n) is 3.17. The average Bonchev–Trinajstić information content (AvgIpc) is 2.40. The fourth-order valence-corrected chi connectivity index (χ4v) is 3.35. The number of amides is 2. The van der Waals surface area contributed by atoms with Crippen molar-refractivity contribution >= 4 is 23.3 Å². The van der Waals surface area contributed by atoms with Crippen LogP contribution in [0.3, 0.4) is 0 Å². The molecule has 5 heteroatoms. The standard InChI is InChI=1S/C15H20ClN3O/c16-12-4-1-2-5-13(12)19-14(20)18-11-6-9-17-15(10-11)7-3-8-15/h1-2,4-5,11,17H,3,6-10H2,(H2,18,19,20). The molecule has 1 saturated carbocycles. The van der Waals surface area contributed by atoms with Crippen LogP contribution in [0.5, 0.6) is 0 Å². The number of hydrogen-bond acceptors (Lipinski definition) is 2. The van der Waals surface area contributed by atoms with E-state index in [9.17, 15) is 4.79 Å². The van der Waals surface area contributed by atoms with E-state index in [1.54, 1.807) is 12.1 Å². The summed E-state index contributed by atoms with van der Waals surface area (Å²) in [6.45, 7) is 0.983. The summed E-state index contributed by atoms with van der Waals surface area (Å²) in [6.07, 6.45) is 5.78. The highest BCUT2D eigenvalue weighted by atomic mass is 35.5. The Morgan fingerprint density at radius 3 is 2.85 bits per heavy atom.